The number of nitrogens with zero attached hydrogens (tertiary/aromatic N) is 2. The molecule has 2 aromatic rings. The number of aryl methyl sites for hydroxylation is 1. The number of carbonyl (C=O) groups excluding carboxylic acids is 1. The van der Waals surface area contributed by atoms with Crippen molar-refractivity contribution in [3.8, 4) is 0 Å². The maximum Gasteiger partial charge on any atom is 0.238 e. The van der Waals surface area contributed by atoms with Crippen molar-refractivity contribution in [3.05, 3.63) is 53.9 Å². The van der Waals surface area contributed by atoms with Crippen molar-refractivity contribution in [2.45, 2.75) is 26.4 Å². The van der Waals surface area contributed by atoms with Gasteiger partial charge in [0, 0.05) is 36.7 Å². The zero-order valence-electron chi connectivity index (χ0n) is 12.5. The highest BCUT2D eigenvalue weighted by atomic mass is 16.2. The van der Waals surface area contributed by atoms with Crippen molar-refractivity contribution < 1.29 is 4.79 Å². The van der Waals surface area contributed by atoms with Crippen LogP contribution in [0.1, 0.15) is 24.2 Å². The third kappa shape index (κ3) is 2.85. The molecular weight excluding hydrogens is 262 g/mol. The summed E-state index contributed by atoms with van der Waals surface area (Å²) in [5, 5.41) is 3.01. The molecule has 1 aliphatic rings. The Morgan fingerprint density at radius 3 is 2.86 bits per heavy atom. The lowest BCUT2D eigenvalue weighted by molar-refractivity contribution is -0.118. The number of para-hydroxylation sites is 1. The van der Waals surface area contributed by atoms with Crippen LogP contribution in [0.25, 0.3) is 0 Å². The van der Waals surface area contributed by atoms with E-state index in [0.717, 1.165) is 24.3 Å². The molecule has 2 heterocycles. The lowest BCUT2D eigenvalue weighted by Gasteiger charge is -2.34. The monoisotopic (exact) mass is 283 g/mol. The number of aromatic nitrogens is 1. The summed E-state index contributed by atoms with van der Waals surface area (Å²) in [6.45, 7) is 6.45. The quantitative estimate of drug-likeness (QED) is 0.940. The van der Waals surface area contributed by atoms with Crippen LogP contribution in [0.2, 0.25) is 0 Å². The van der Waals surface area contributed by atoms with E-state index in [2.05, 4.69) is 40.0 Å². The molecule has 0 saturated heterocycles. The van der Waals surface area contributed by atoms with Gasteiger partial charge in [0.2, 0.25) is 5.91 Å². The Morgan fingerprint density at radius 1 is 1.24 bits per heavy atom. The predicted octanol–water partition coefficient (Wildman–Crippen LogP) is 2.81. The molecule has 0 saturated carbocycles. The van der Waals surface area contributed by atoms with E-state index in [1.165, 1.54) is 5.69 Å². The average Bonchev–Trinajstić information content (AvgIpc) is 2.94. The van der Waals surface area contributed by atoms with Gasteiger partial charge in [-0.25, -0.2) is 0 Å². The zero-order valence-corrected chi connectivity index (χ0v) is 12.5. The van der Waals surface area contributed by atoms with Crippen LogP contribution >= 0.6 is 0 Å². The number of rotatable bonds is 3. The van der Waals surface area contributed by atoms with Crippen LogP contribution in [-0.4, -0.2) is 28.5 Å². The number of amides is 1. The topological polar surface area (TPSA) is 37.3 Å². The molecule has 0 aliphatic carbocycles. The van der Waals surface area contributed by atoms with Crippen molar-refractivity contribution in [1.29, 1.82) is 0 Å². The molecule has 4 heteroatoms. The van der Waals surface area contributed by atoms with Gasteiger partial charge in [-0.1, -0.05) is 18.2 Å². The fourth-order valence-corrected chi connectivity index (χ4v) is 2.93. The fraction of sp³-hybridized carbons (Fsp3) is 0.353. The Kier molecular flexibility index (Phi) is 3.80. The smallest absolute Gasteiger partial charge is 0.238 e. The first-order chi connectivity index (χ1) is 10.1. The van der Waals surface area contributed by atoms with E-state index in [0.29, 0.717) is 6.54 Å². The van der Waals surface area contributed by atoms with E-state index in [9.17, 15) is 4.79 Å². The van der Waals surface area contributed by atoms with Crippen LogP contribution in [0, 0.1) is 6.92 Å². The number of anilines is 1. The van der Waals surface area contributed by atoms with Gasteiger partial charge in [0.1, 0.15) is 0 Å². The lowest BCUT2D eigenvalue weighted by Crippen LogP contribution is -2.41. The minimum Gasteiger partial charge on any atom is -0.349 e. The first-order valence-electron chi connectivity index (χ1n) is 7.40. The summed E-state index contributed by atoms with van der Waals surface area (Å²) < 4.78 is 2.26. The molecule has 0 spiro atoms. The van der Waals surface area contributed by atoms with Gasteiger partial charge >= 0.3 is 0 Å². The van der Waals surface area contributed by atoms with Crippen molar-refractivity contribution in [3.63, 3.8) is 0 Å². The number of benzene rings is 1. The summed E-state index contributed by atoms with van der Waals surface area (Å²) in [7, 11) is 0. The Hall–Kier alpha value is -2.07. The second kappa shape index (κ2) is 5.74. The number of hydrogen-bond donors (Lipinski definition) is 1. The molecule has 1 aromatic heterocycles. The van der Waals surface area contributed by atoms with Gasteiger partial charge in [0.15, 0.2) is 0 Å². The highest BCUT2D eigenvalue weighted by Gasteiger charge is 2.24. The van der Waals surface area contributed by atoms with E-state index in [1.807, 2.05) is 31.2 Å². The number of fused-ring (bicyclic) bond motifs is 1. The Bertz CT molecular complexity index is 647. The van der Waals surface area contributed by atoms with E-state index in [1.54, 1.807) is 0 Å². The van der Waals surface area contributed by atoms with Crippen molar-refractivity contribution in [2.24, 2.45) is 0 Å². The number of nitrogens with one attached hydrogen (secondary N) is 1. The standard InChI is InChI=1S/C17H21N3O/c1-13-6-3-4-7-15(13)18-17(21)12-20-11-10-19-9-5-8-16(19)14(20)2/h3-9,14H,10-12H2,1-2H3,(H,18,21). The molecule has 21 heavy (non-hydrogen) atoms. The molecule has 110 valence electrons. The van der Waals surface area contributed by atoms with Crippen LogP contribution in [0.3, 0.4) is 0 Å². The van der Waals surface area contributed by atoms with Crippen LogP contribution in [-0.2, 0) is 11.3 Å². The molecule has 0 radical (unpaired) electrons. The third-order valence-electron chi connectivity index (χ3n) is 4.23. The molecule has 1 atom stereocenters. The summed E-state index contributed by atoms with van der Waals surface area (Å²) in [4.78, 5) is 14.5. The van der Waals surface area contributed by atoms with Crippen molar-refractivity contribution in [2.75, 3.05) is 18.4 Å². The van der Waals surface area contributed by atoms with Crippen LogP contribution in [0.5, 0.6) is 0 Å². The van der Waals surface area contributed by atoms with Gasteiger partial charge < -0.3 is 9.88 Å². The SMILES string of the molecule is Cc1ccccc1NC(=O)CN1CCn2cccc2C1C. The normalized spacial score (nSPS) is 18.3. The summed E-state index contributed by atoms with van der Waals surface area (Å²) in [5.74, 6) is 0.0520. The molecule has 0 bridgehead atoms. The largest absolute Gasteiger partial charge is 0.349 e. The zero-order chi connectivity index (χ0) is 14.8. The first kappa shape index (κ1) is 13.9. The molecule has 1 amide bonds. The second-order valence-corrected chi connectivity index (χ2v) is 5.64. The maximum absolute atomic E-state index is 12.3. The molecule has 1 aliphatic heterocycles. The maximum atomic E-state index is 12.3. The van der Waals surface area contributed by atoms with E-state index in [-0.39, 0.29) is 11.9 Å². The highest BCUT2D eigenvalue weighted by molar-refractivity contribution is 5.92. The molecule has 0 fully saturated rings. The minimum atomic E-state index is 0.0520. The summed E-state index contributed by atoms with van der Waals surface area (Å²) in [6.07, 6.45) is 2.11. The van der Waals surface area contributed by atoms with Gasteiger partial charge in [0.25, 0.3) is 0 Å². The second-order valence-electron chi connectivity index (χ2n) is 5.64. The Labute approximate surface area is 125 Å². The molecule has 1 N–H and O–H groups in total. The number of hydrogen-bond acceptors (Lipinski definition) is 2. The molecular formula is C17H21N3O. The number of carbonyl (C=O) groups is 1. The van der Waals surface area contributed by atoms with Crippen molar-refractivity contribution >= 4 is 11.6 Å². The van der Waals surface area contributed by atoms with Crippen LogP contribution in [0.15, 0.2) is 42.6 Å². The summed E-state index contributed by atoms with van der Waals surface area (Å²) in [5.41, 5.74) is 3.27. The highest BCUT2D eigenvalue weighted by Crippen LogP contribution is 2.25. The van der Waals surface area contributed by atoms with Gasteiger partial charge in [-0.2, -0.15) is 0 Å². The predicted molar refractivity (Wildman–Crippen MR) is 84.2 cm³/mol. The first-order valence-corrected chi connectivity index (χ1v) is 7.40. The fourth-order valence-electron chi connectivity index (χ4n) is 2.93. The average molecular weight is 283 g/mol. The summed E-state index contributed by atoms with van der Waals surface area (Å²) in [6, 6.07) is 12.4. The van der Waals surface area contributed by atoms with Gasteiger partial charge in [0.05, 0.1) is 6.54 Å². The van der Waals surface area contributed by atoms with Gasteiger partial charge in [-0.05, 0) is 37.6 Å². The van der Waals surface area contributed by atoms with Crippen molar-refractivity contribution in [1.82, 2.24) is 9.47 Å². The molecule has 4 nitrogen and oxygen atoms in total. The summed E-state index contributed by atoms with van der Waals surface area (Å²) >= 11 is 0. The molecule has 1 unspecified atom stereocenters. The van der Waals surface area contributed by atoms with E-state index < -0.39 is 0 Å². The Balaban J connectivity index is 1.65. The minimum absolute atomic E-state index is 0.0520. The van der Waals surface area contributed by atoms with E-state index >= 15 is 0 Å². The van der Waals surface area contributed by atoms with E-state index in [4.69, 9.17) is 0 Å². The van der Waals surface area contributed by atoms with Gasteiger partial charge in [-0.3, -0.25) is 9.69 Å². The molecule has 1 aromatic carbocycles. The lowest BCUT2D eigenvalue weighted by atomic mass is 10.1. The third-order valence-corrected chi connectivity index (χ3v) is 4.23. The van der Waals surface area contributed by atoms with Crippen LogP contribution < -0.4 is 5.32 Å². The molecule has 3 rings (SSSR count). The van der Waals surface area contributed by atoms with Gasteiger partial charge in [-0.15, -0.1) is 0 Å². The van der Waals surface area contributed by atoms with Crippen LogP contribution in [0.4, 0.5) is 5.69 Å². The Morgan fingerprint density at radius 2 is 2.05 bits per heavy atom.